The van der Waals surface area contributed by atoms with Gasteiger partial charge >= 0.3 is 6.03 Å². The third-order valence-corrected chi connectivity index (χ3v) is 8.25. The van der Waals surface area contributed by atoms with Gasteiger partial charge in [-0.3, -0.25) is 14.5 Å². The summed E-state index contributed by atoms with van der Waals surface area (Å²) in [4.78, 5) is 37.4. The Morgan fingerprint density at radius 3 is 1.67 bits per heavy atom. The number of rotatable bonds is 31. The molecule has 2 aliphatic heterocycles. The van der Waals surface area contributed by atoms with Gasteiger partial charge in [-0.1, -0.05) is 26.3 Å². The zero-order valence-corrected chi connectivity index (χ0v) is 33.6. The predicted molar refractivity (Wildman–Crippen MR) is 213 cm³/mol. The van der Waals surface area contributed by atoms with Gasteiger partial charge in [0.1, 0.15) is 6.10 Å². The van der Waals surface area contributed by atoms with E-state index in [-0.39, 0.29) is 30.6 Å². The highest BCUT2D eigenvalue weighted by Crippen LogP contribution is 2.24. The van der Waals surface area contributed by atoms with Crippen LogP contribution in [0.25, 0.3) is 0 Å². The first-order valence-corrected chi connectivity index (χ1v) is 19.9. The molecule has 324 valence electrons. The molecule has 0 aliphatic carbocycles. The average molecular weight is 811 g/mol. The standard InChI is InChI=1S/C34H54N4O10.C6H12O3/c1-3-4-5-15-42-19-20-44-17-13-36-34(41)37-14-18-45-22-24-47-26-28-48-27-25-46-23-21-43-16-12-35-33(40)30-7-9-31(10-8-30)38-29(2)6-11-32(38)39;7-4-6-5(8)2-1-3-9-6/h6-11H,2-5,12-28H2,1H3,(H,35,40)(H2,36,37,41);5-8H,1-4H2. The number of carbonyl (C=O) groups is 3. The second kappa shape index (κ2) is 33.5. The Morgan fingerprint density at radius 1 is 0.737 bits per heavy atom. The molecule has 2 aliphatic rings. The van der Waals surface area contributed by atoms with Crippen LogP contribution >= 0.6 is 0 Å². The van der Waals surface area contributed by atoms with E-state index in [1.54, 1.807) is 30.3 Å². The molecule has 17 nitrogen and oxygen atoms in total. The van der Waals surface area contributed by atoms with Gasteiger partial charge in [-0.2, -0.15) is 0 Å². The van der Waals surface area contributed by atoms with Gasteiger partial charge in [-0.15, -0.1) is 0 Å². The first-order valence-electron chi connectivity index (χ1n) is 19.9. The van der Waals surface area contributed by atoms with E-state index in [1.165, 1.54) is 23.8 Å². The maximum atomic E-state index is 12.3. The van der Waals surface area contributed by atoms with E-state index in [1.807, 2.05) is 0 Å². The van der Waals surface area contributed by atoms with Crippen LogP contribution in [0, 0.1) is 0 Å². The Morgan fingerprint density at radius 2 is 1.23 bits per heavy atom. The fourth-order valence-electron chi connectivity index (χ4n) is 5.14. The van der Waals surface area contributed by atoms with Crippen LogP contribution in [0.4, 0.5) is 10.5 Å². The number of ether oxygens (including phenoxy) is 8. The molecule has 0 bridgehead atoms. The van der Waals surface area contributed by atoms with Gasteiger partial charge in [0.2, 0.25) is 0 Å². The minimum Gasteiger partial charge on any atom is -0.394 e. The smallest absolute Gasteiger partial charge is 0.314 e. The summed E-state index contributed by atoms with van der Waals surface area (Å²) in [7, 11) is 0. The van der Waals surface area contributed by atoms with E-state index in [9.17, 15) is 14.4 Å². The van der Waals surface area contributed by atoms with Crippen molar-refractivity contribution >= 4 is 23.5 Å². The number of urea groups is 1. The normalized spacial score (nSPS) is 16.4. The largest absolute Gasteiger partial charge is 0.394 e. The van der Waals surface area contributed by atoms with Gasteiger partial charge in [0.25, 0.3) is 11.8 Å². The van der Waals surface area contributed by atoms with E-state index in [0.717, 1.165) is 25.9 Å². The molecule has 57 heavy (non-hydrogen) atoms. The lowest BCUT2D eigenvalue weighted by Gasteiger charge is -2.25. The fraction of sp³-hybridized carbons (Fsp3) is 0.675. The summed E-state index contributed by atoms with van der Waals surface area (Å²) < 4.78 is 43.2. The van der Waals surface area contributed by atoms with Crippen LogP contribution in [0.5, 0.6) is 0 Å². The quantitative estimate of drug-likeness (QED) is 0.0682. The maximum absolute atomic E-state index is 12.3. The molecule has 3 rings (SSSR count). The number of amides is 4. The number of unbranched alkanes of at least 4 members (excludes halogenated alkanes) is 2. The van der Waals surface area contributed by atoms with Crippen LogP contribution in [-0.4, -0.2) is 166 Å². The van der Waals surface area contributed by atoms with Gasteiger partial charge in [0, 0.05) is 55.9 Å². The van der Waals surface area contributed by atoms with Gasteiger partial charge in [-0.25, -0.2) is 4.79 Å². The second-order valence-electron chi connectivity index (χ2n) is 12.8. The fourth-order valence-corrected chi connectivity index (χ4v) is 5.14. The monoisotopic (exact) mass is 810 g/mol. The molecular formula is C40H66N4O13. The molecule has 2 atom stereocenters. The van der Waals surface area contributed by atoms with E-state index in [2.05, 4.69) is 29.5 Å². The number of hydrogen-bond acceptors (Lipinski definition) is 13. The van der Waals surface area contributed by atoms with Gasteiger partial charge in [0.15, 0.2) is 0 Å². The molecular weight excluding hydrogens is 744 g/mol. The number of hydrogen-bond donors (Lipinski definition) is 5. The van der Waals surface area contributed by atoms with Crippen molar-refractivity contribution < 1.29 is 62.5 Å². The first kappa shape index (κ1) is 49.7. The van der Waals surface area contributed by atoms with Gasteiger partial charge < -0.3 is 64.1 Å². The van der Waals surface area contributed by atoms with E-state index < -0.39 is 6.10 Å². The van der Waals surface area contributed by atoms with E-state index in [0.29, 0.717) is 129 Å². The molecule has 1 aromatic rings. The highest BCUT2D eigenvalue weighted by Gasteiger charge is 2.22. The SMILES string of the molecule is C=C1C=CC(=O)N1c1ccc(C(=O)NCCOCCOCCOCCOCCOCCNC(=O)NCCOCCOCCCCC)cc1.OCC1OCCCC1O. The number of anilines is 1. The summed E-state index contributed by atoms with van der Waals surface area (Å²) in [5.41, 5.74) is 1.74. The van der Waals surface area contributed by atoms with Crippen molar-refractivity contribution in [3.05, 3.63) is 54.3 Å². The maximum Gasteiger partial charge on any atom is 0.314 e. The van der Waals surface area contributed by atoms with Crippen LogP contribution in [-0.2, 0) is 42.7 Å². The molecule has 0 radical (unpaired) electrons. The number of carbonyl (C=O) groups excluding carboxylic acids is 3. The molecule has 1 saturated heterocycles. The van der Waals surface area contributed by atoms with Crippen LogP contribution in [0.15, 0.2) is 48.7 Å². The van der Waals surface area contributed by atoms with Gasteiger partial charge in [0.05, 0.1) is 98.6 Å². The minimum atomic E-state index is -0.455. The van der Waals surface area contributed by atoms with Crippen molar-refractivity contribution in [2.75, 3.05) is 130 Å². The molecule has 4 amide bonds. The Hall–Kier alpha value is -3.49. The third kappa shape index (κ3) is 24.1. The van der Waals surface area contributed by atoms with E-state index in [4.69, 9.17) is 48.1 Å². The number of nitrogens with zero attached hydrogens (tertiary/aromatic N) is 1. The zero-order valence-electron chi connectivity index (χ0n) is 33.6. The minimum absolute atomic E-state index is 0.0683. The first-order chi connectivity index (χ1) is 27.9. The van der Waals surface area contributed by atoms with Crippen LogP contribution in [0.2, 0.25) is 0 Å². The lowest BCUT2D eigenvalue weighted by atomic mass is 10.1. The van der Waals surface area contributed by atoms with Crippen molar-refractivity contribution in [2.24, 2.45) is 0 Å². The highest BCUT2D eigenvalue weighted by atomic mass is 16.6. The molecule has 2 heterocycles. The molecule has 0 saturated carbocycles. The molecule has 1 aromatic carbocycles. The van der Waals surface area contributed by atoms with Crippen LogP contribution in [0.1, 0.15) is 49.4 Å². The summed E-state index contributed by atoms with van der Waals surface area (Å²) in [6.07, 6.45) is 7.42. The lowest BCUT2D eigenvalue weighted by Crippen LogP contribution is -2.39. The number of allylic oxidation sites excluding steroid dienone is 1. The third-order valence-electron chi connectivity index (χ3n) is 8.25. The second-order valence-corrected chi connectivity index (χ2v) is 12.8. The summed E-state index contributed by atoms with van der Waals surface area (Å²) in [6.45, 7) is 14.3. The Balaban J connectivity index is 0.00000109. The molecule has 0 aromatic heterocycles. The van der Waals surface area contributed by atoms with Crippen molar-refractivity contribution in [2.45, 2.75) is 51.2 Å². The molecule has 2 unspecified atom stereocenters. The van der Waals surface area contributed by atoms with E-state index >= 15 is 0 Å². The topological polar surface area (TPSA) is 205 Å². The lowest BCUT2D eigenvalue weighted by molar-refractivity contribution is -0.113. The summed E-state index contributed by atoms with van der Waals surface area (Å²) in [5, 5.41) is 25.9. The van der Waals surface area contributed by atoms with Crippen molar-refractivity contribution in [3.8, 4) is 0 Å². The Kier molecular flexibility index (Phi) is 29.2. The number of nitrogens with one attached hydrogen (secondary N) is 3. The average Bonchev–Trinajstić information content (AvgIpc) is 3.56. The summed E-state index contributed by atoms with van der Waals surface area (Å²) >= 11 is 0. The highest BCUT2D eigenvalue weighted by molar-refractivity contribution is 6.08. The van der Waals surface area contributed by atoms with Crippen molar-refractivity contribution in [3.63, 3.8) is 0 Å². The van der Waals surface area contributed by atoms with Crippen molar-refractivity contribution in [1.29, 1.82) is 0 Å². The van der Waals surface area contributed by atoms with Crippen LogP contribution < -0.4 is 20.9 Å². The summed E-state index contributed by atoms with van der Waals surface area (Å²) in [6, 6.07) is 6.50. The molecule has 0 spiro atoms. The number of aliphatic hydroxyl groups excluding tert-OH is 2. The van der Waals surface area contributed by atoms with Gasteiger partial charge in [-0.05, 0) is 49.6 Å². The molecule has 5 N–H and O–H groups in total. The summed E-state index contributed by atoms with van der Waals surface area (Å²) in [5.74, 6) is -0.380. The molecule has 1 fully saturated rings. The number of aliphatic hydroxyl groups is 2. The van der Waals surface area contributed by atoms with Crippen LogP contribution in [0.3, 0.4) is 0 Å². The molecule has 17 heteroatoms. The Bertz CT molecular complexity index is 1240. The van der Waals surface area contributed by atoms with Crippen molar-refractivity contribution in [1.82, 2.24) is 16.0 Å². The number of benzene rings is 1. The predicted octanol–water partition coefficient (Wildman–Crippen LogP) is 1.96. The zero-order chi connectivity index (χ0) is 41.2. The Labute approximate surface area is 337 Å².